The largest absolute Gasteiger partial charge is 0.348 e. The van der Waals surface area contributed by atoms with Gasteiger partial charge in [0.05, 0.1) is 0 Å². The standard InChI is InChI=1S/C24H32N2O/c1-5-26(4)24(15-8-9-16-24)21-14-7-6-13-20(21)17-25-23(27)22-18(2)11-10-12-19(22)3/h6-7,10-14H,5,8-9,15-17H2,1-4H3,(H,25,27). The van der Waals surface area contributed by atoms with E-state index < -0.39 is 0 Å². The summed E-state index contributed by atoms with van der Waals surface area (Å²) >= 11 is 0. The zero-order valence-corrected chi connectivity index (χ0v) is 17.1. The van der Waals surface area contributed by atoms with Gasteiger partial charge in [-0.15, -0.1) is 0 Å². The summed E-state index contributed by atoms with van der Waals surface area (Å²) < 4.78 is 0. The second kappa shape index (κ2) is 8.26. The molecule has 0 aliphatic heterocycles. The molecule has 0 unspecified atom stereocenters. The average Bonchev–Trinajstić information content (AvgIpc) is 3.17. The molecule has 27 heavy (non-hydrogen) atoms. The van der Waals surface area contributed by atoms with Gasteiger partial charge in [-0.2, -0.15) is 0 Å². The lowest BCUT2D eigenvalue weighted by Crippen LogP contribution is -2.42. The van der Waals surface area contributed by atoms with Gasteiger partial charge in [0.1, 0.15) is 0 Å². The number of carbonyl (C=O) groups is 1. The lowest BCUT2D eigenvalue weighted by molar-refractivity contribution is 0.0947. The van der Waals surface area contributed by atoms with Crippen molar-refractivity contribution in [2.24, 2.45) is 0 Å². The van der Waals surface area contributed by atoms with Gasteiger partial charge in [-0.25, -0.2) is 0 Å². The first kappa shape index (κ1) is 19.6. The van der Waals surface area contributed by atoms with Crippen LogP contribution in [0.4, 0.5) is 0 Å². The molecule has 1 N–H and O–H groups in total. The van der Waals surface area contributed by atoms with Crippen molar-refractivity contribution in [1.29, 1.82) is 0 Å². The topological polar surface area (TPSA) is 32.3 Å². The van der Waals surface area contributed by atoms with Crippen molar-refractivity contribution in [3.8, 4) is 0 Å². The molecule has 3 heteroatoms. The molecule has 1 aliphatic rings. The molecule has 0 aromatic heterocycles. The van der Waals surface area contributed by atoms with Gasteiger partial charge in [-0.3, -0.25) is 9.69 Å². The molecule has 0 atom stereocenters. The molecule has 2 aromatic rings. The molecule has 3 nitrogen and oxygen atoms in total. The van der Waals surface area contributed by atoms with Crippen molar-refractivity contribution in [1.82, 2.24) is 10.2 Å². The molecule has 1 fully saturated rings. The van der Waals surface area contributed by atoms with Crippen molar-refractivity contribution in [3.63, 3.8) is 0 Å². The van der Waals surface area contributed by atoms with Gasteiger partial charge >= 0.3 is 0 Å². The SMILES string of the molecule is CCN(C)C1(c2ccccc2CNC(=O)c2c(C)cccc2C)CCCC1. The molecule has 3 rings (SSSR count). The number of aryl methyl sites for hydroxylation is 2. The molecule has 1 amide bonds. The van der Waals surface area contributed by atoms with Crippen molar-refractivity contribution in [2.45, 2.75) is 58.5 Å². The fourth-order valence-corrected chi connectivity index (χ4v) is 4.68. The normalized spacial score (nSPS) is 15.9. The van der Waals surface area contributed by atoms with Crippen LogP contribution in [0, 0.1) is 13.8 Å². The highest BCUT2D eigenvalue weighted by molar-refractivity contribution is 5.97. The fourth-order valence-electron chi connectivity index (χ4n) is 4.68. The van der Waals surface area contributed by atoms with E-state index >= 15 is 0 Å². The Morgan fingerprint density at radius 3 is 2.30 bits per heavy atom. The third-order valence-electron chi connectivity index (χ3n) is 6.30. The Hall–Kier alpha value is -2.13. The maximum atomic E-state index is 12.8. The van der Waals surface area contributed by atoms with Crippen LogP contribution < -0.4 is 5.32 Å². The lowest BCUT2D eigenvalue weighted by Gasteiger charge is -2.40. The second-order valence-corrected chi connectivity index (χ2v) is 7.86. The summed E-state index contributed by atoms with van der Waals surface area (Å²) in [6.45, 7) is 7.83. The number of nitrogens with one attached hydrogen (secondary N) is 1. The summed E-state index contributed by atoms with van der Waals surface area (Å²) in [5.74, 6) is 0.0183. The minimum absolute atomic E-state index is 0.0183. The number of amides is 1. The Balaban J connectivity index is 1.86. The highest BCUT2D eigenvalue weighted by atomic mass is 16.1. The number of carbonyl (C=O) groups excluding carboxylic acids is 1. The molecule has 144 valence electrons. The molecule has 1 saturated carbocycles. The molecule has 0 spiro atoms. The van der Waals surface area contributed by atoms with Crippen LogP contribution in [0.1, 0.15) is 65.2 Å². The van der Waals surface area contributed by atoms with E-state index in [0.717, 1.165) is 23.2 Å². The molecule has 0 saturated heterocycles. The van der Waals surface area contributed by atoms with Crippen LogP contribution in [0.2, 0.25) is 0 Å². The van der Waals surface area contributed by atoms with E-state index in [0.29, 0.717) is 6.54 Å². The molecule has 0 heterocycles. The maximum absolute atomic E-state index is 12.8. The monoisotopic (exact) mass is 364 g/mol. The van der Waals surface area contributed by atoms with E-state index in [2.05, 4.69) is 48.5 Å². The summed E-state index contributed by atoms with van der Waals surface area (Å²) in [6.07, 6.45) is 4.93. The highest BCUT2D eigenvalue weighted by Crippen LogP contribution is 2.44. The van der Waals surface area contributed by atoms with Gasteiger partial charge in [0.25, 0.3) is 5.91 Å². The minimum atomic E-state index is 0.0183. The number of hydrogen-bond acceptors (Lipinski definition) is 2. The first-order valence-electron chi connectivity index (χ1n) is 10.1. The molecule has 2 aromatic carbocycles. The van der Waals surface area contributed by atoms with Gasteiger partial charge in [-0.1, -0.05) is 62.2 Å². The van der Waals surface area contributed by atoms with Gasteiger partial charge in [0.2, 0.25) is 0 Å². The summed E-state index contributed by atoms with van der Waals surface area (Å²) in [5.41, 5.74) is 5.58. The number of benzene rings is 2. The summed E-state index contributed by atoms with van der Waals surface area (Å²) in [6, 6.07) is 14.6. The Labute approximate surface area is 163 Å². The first-order valence-corrected chi connectivity index (χ1v) is 10.1. The van der Waals surface area contributed by atoms with Crippen LogP contribution in [0.15, 0.2) is 42.5 Å². The van der Waals surface area contributed by atoms with Crippen LogP contribution in [-0.2, 0) is 12.1 Å². The quantitative estimate of drug-likeness (QED) is 0.786. The second-order valence-electron chi connectivity index (χ2n) is 7.86. The van der Waals surface area contributed by atoms with E-state index in [-0.39, 0.29) is 11.4 Å². The Bertz CT molecular complexity index is 786. The summed E-state index contributed by atoms with van der Waals surface area (Å²) in [7, 11) is 2.23. The van der Waals surface area contributed by atoms with Crippen molar-refractivity contribution in [3.05, 3.63) is 70.3 Å². The van der Waals surface area contributed by atoms with Crippen molar-refractivity contribution in [2.75, 3.05) is 13.6 Å². The predicted octanol–water partition coefficient (Wildman–Crippen LogP) is 4.95. The molecule has 1 aliphatic carbocycles. The fraction of sp³-hybridized carbons (Fsp3) is 0.458. The van der Waals surface area contributed by atoms with Gasteiger partial charge in [0, 0.05) is 17.6 Å². The van der Waals surface area contributed by atoms with Crippen molar-refractivity contribution >= 4 is 5.91 Å². The molecule has 0 radical (unpaired) electrons. The molecular formula is C24H32N2O. The Morgan fingerprint density at radius 2 is 1.67 bits per heavy atom. The number of hydrogen-bond donors (Lipinski definition) is 1. The average molecular weight is 365 g/mol. The van der Waals surface area contributed by atoms with Crippen LogP contribution in [0.25, 0.3) is 0 Å². The number of rotatable bonds is 6. The van der Waals surface area contributed by atoms with Crippen molar-refractivity contribution < 1.29 is 4.79 Å². The van der Waals surface area contributed by atoms with E-state index in [1.807, 2.05) is 32.0 Å². The minimum Gasteiger partial charge on any atom is -0.348 e. The Morgan fingerprint density at radius 1 is 1.04 bits per heavy atom. The first-order chi connectivity index (χ1) is 13.0. The van der Waals surface area contributed by atoms with Crippen LogP contribution in [0.5, 0.6) is 0 Å². The van der Waals surface area contributed by atoms with Gasteiger partial charge in [0.15, 0.2) is 0 Å². The van der Waals surface area contributed by atoms with Gasteiger partial charge in [-0.05, 0) is 62.5 Å². The van der Waals surface area contributed by atoms with E-state index in [4.69, 9.17) is 0 Å². The van der Waals surface area contributed by atoms with Gasteiger partial charge < -0.3 is 5.32 Å². The van der Waals surface area contributed by atoms with E-state index in [1.54, 1.807) is 0 Å². The molecular weight excluding hydrogens is 332 g/mol. The lowest BCUT2D eigenvalue weighted by atomic mass is 9.83. The van der Waals surface area contributed by atoms with E-state index in [9.17, 15) is 4.79 Å². The highest BCUT2D eigenvalue weighted by Gasteiger charge is 2.39. The van der Waals surface area contributed by atoms with Crippen LogP contribution >= 0.6 is 0 Å². The van der Waals surface area contributed by atoms with E-state index in [1.165, 1.54) is 36.8 Å². The maximum Gasteiger partial charge on any atom is 0.252 e. The van der Waals surface area contributed by atoms with Crippen LogP contribution in [0.3, 0.4) is 0 Å². The predicted molar refractivity (Wildman–Crippen MR) is 112 cm³/mol. The zero-order valence-electron chi connectivity index (χ0n) is 17.1. The third kappa shape index (κ3) is 3.79. The Kier molecular flexibility index (Phi) is 6.01. The summed E-state index contributed by atoms with van der Waals surface area (Å²) in [5, 5.41) is 3.18. The molecule has 0 bridgehead atoms. The zero-order chi connectivity index (χ0) is 19.4. The smallest absolute Gasteiger partial charge is 0.252 e. The van der Waals surface area contributed by atoms with Crippen LogP contribution in [-0.4, -0.2) is 24.4 Å². The third-order valence-corrected chi connectivity index (χ3v) is 6.30. The number of nitrogens with zero attached hydrogens (tertiary/aromatic N) is 1. The summed E-state index contributed by atoms with van der Waals surface area (Å²) in [4.78, 5) is 15.3.